The third-order valence-corrected chi connectivity index (χ3v) is 5.98. The molecule has 0 aromatic heterocycles. The molecule has 0 heterocycles. The average molecular weight is 534 g/mol. The van der Waals surface area contributed by atoms with Crippen LogP contribution in [0.15, 0.2) is 12.1 Å². The molecule has 2 aromatic rings. The Morgan fingerprint density at radius 2 is 1.11 bits per heavy atom. The molecule has 0 saturated heterocycles. The molecule has 0 radical (unpaired) electrons. The highest BCUT2D eigenvalue weighted by molar-refractivity contribution is 5.27. The number of hydrogen-bond acceptors (Lipinski definition) is 6. The van der Waals surface area contributed by atoms with Crippen LogP contribution in [0.1, 0.15) is 24.5 Å². The second kappa shape index (κ2) is 10.9. The molecule has 0 aliphatic rings. The molecular formula is C22H22F8O6. The van der Waals surface area contributed by atoms with E-state index < -0.39 is 113 Å². The van der Waals surface area contributed by atoms with Crippen LogP contribution < -0.4 is 0 Å². The smallest absolute Gasteiger partial charge is 0.197 e. The molecular weight excluding hydrogens is 512 g/mol. The van der Waals surface area contributed by atoms with Gasteiger partial charge in [0.15, 0.2) is 46.5 Å². The summed E-state index contributed by atoms with van der Waals surface area (Å²) in [5.74, 6) is -17.0. The van der Waals surface area contributed by atoms with Crippen molar-refractivity contribution < 1.29 is 65.8 Å². The lowest BCUT2D eigenvalue weighted by Crippen LogP contribution is -2.66. The van der Waals surface area contributed by atoms with Gasteiger partial charge in [-0.25, -0.2) is 35.1 Å². The molecule has 0 aliphatic carbocycles. The first-order chi connectivity index (χ1) is 16.5. The first-order valence-electron chi connectivity index (χ1n) is 10.3. The molecule has 0 bridgehead atoms. The zero-order chi connectivity index (χ0) is 27.7. The molecule has 0 fully saturated rings. The van der Waals surface area contributed by atoms with Gasteiger partial charge in [0.1, 0.15) is 23.9 Å². The van der Waals surface area contributed by atoms with Crippen LogP contribution in [0.5, 0.6) is 0 Å². The van der Waals surface area contributed by atoms with E-state index in [2.05, 4.69) is 0 Å². The van der Waals surface area contributed by atoms with Gasteiger partial charge in [-0.15, -0.1) is 0 Å². The molecule has 0 spiro atoms. The summed E-state index contributed by atoms with van der Waals surface area (Å²) < 4.78 is 110. The van der Waals surface area contributed by atoms with Crippen LogP contribution in [0.4, 0.5) is 35.1 Å². The Bertz CT molecular complexity index is 1120. The van der Waals surface area contributed by atoms with Crippen LogP contribution in [-0.2, 0) is 12.8 Å². The SMILES string of the molecule is CCC(O)(Cc1cc(F)c(F)c(F)c1F)[C@@H](O)[C@@](O)(Cc1cc(F)c(F)c(F)c1F)[C@H](O)[C@@H](O)CO. The van der Waals surface area contributed by atoms with Crippen molar-refractivity contribution in [2.24, 2.45) is 0 Å². The van der Waals surface area contributed by atoms with Crippen molar-refractivity contribution in [3.63, 3.8) is 0 Å². The molecule has 0 amide bonds. The van der Waals surface area contributed by atoms with E-state index >= 15 is 0 Å². The minimum Gasteiger partial charge on any atom is -0.394 e. The van der Waals surface area contributed by atoms with Crippen molar-refractivity contribution in [2.75, 3.05) is 6.61 Å². The fraction of sp³-hybridized carbons (Fsp3) is 0.455. The lowest BCUT2D eigenvalue weighted by Gasteiger charge is -2.45. The Kier molecular flexibility index (Phi) is 9.08. The zero-order valence-electron chi connectivity index (χ0n) is 18.4. The van der Waals surface area contributed by atoms with E-state index in [1.165, 1.54) is 0 Å². The fourth-order valence-corrected chi connectivity index (χ4v) is 3.81. The van der Waals surface area contributed by atoms with Crippen LogP contribution in [0.2, 0.25) is 0 Å². The summed E-state index contributed by atoms with van der Waals surface area (Å²) in [6.45, 7) is -0.219. The topological polar surface area (TPSA) is 121 Å². The highest BCUT2D eigenvalue weighted by atomic mass is 19.2. The van der Waals surface area contributed by atoms with Crippen LogP contribution in [0.3, 0.4) is 0 Å². The van der Waals surface area contributed by atoms with E-state index in [1.54, 1.807) is 0 Å². The molecule has 1 unspecified atom stereocenters. The minimum atomic E-state index is -3.42. The van der Waals surface area contributed by atoms with E-state index in [-0.39, 0.29) is 12.1 Å². The van der Waals surface area contributed by atoms with Gasteiger partial charge >= 0.3 is 0 Å². The molecule has 36 heavy (non-hydrogen) atoms. The Hall–Kier alpha value is -2.36. The van der Waals surface area contributed by atoms with Crippen molar-refractivity contribution >= 4 is 0 Å². The number of aliphatic hydroxyl groups excluding tert-OH is 4. The van der Waals surface area contributed by atoms with Crippen molar-refractivity contribution in [2.45, 2.75) is 55.7 Å². The molecule has 2 aromatic carbocycles. The van der Waals surface area contributed by atoms with E-state index in [9.17, 15) is 60.7 Å². The van der Waals surface area contributed by atoms with Crippen LogP contribution >= 0.6 is 0 Å². The predicted octanol–water partition coefficient (Wildman–Crippen LogP) is 1.53. The molecule has 0 aliphatic heterocycles. The third kappa shape index (κ3) is 5.33. The Balaban J connectivity index is 2.65. The Labute approximate surface area is 198 Å². The van der Waals surface area contributed by atoms with Crippen molar-refractivity contribution in [1.29, 1.82) is 0 Å². The summed E-state index contributed by atoms with van der Waals surface area (Å²) in [5.41, 5.74) is -8.58. The van der Waals surface area contributed by atoms with Gasteiger partial charge in [-0.1, -0.05) is 6.92 Å². The number of rotatable bonds is 10. The average Bonchev–Trinajstić information content (AvgIpc) is 2.86. The number of hydrogen-bond donors (Lipinski definition) is 6. The van der Waals surface area contributed by atoms with Crippen LogP contribution in [0, 0.1) is 46.5 Å². The molecule has 14 heteroatoms. The monoisotopic (exact) mass is 534 g/mol. The van der Waals surface area contributed by atoms with Gasteiger partial charge in [0.25, 0.3) is 0 Å². The van der Waals surface area contributed by atoms with Gasteiger partial charge in [0.05, 0.1) is 12.2 Å². The standard InChI is InChI=1S/C22H22F8O6/c1-2-21(35,5-8-3-10(23)15(27)17(29)13(8)25)20(34)22(36,19(33)12(32)7-31)6-9-4-11(24)16(28)18(30)14(9)26/h3-4,12,19-20,31-36H,2,5-7H2,1H3/t12-,19+,20+,21?,22+/m0/s1. The van der Waals surface area contributed by atoms with Crippen molar-refractivity contribution in [1.82, 2.24) is 0 Å². The van der Waals surface area contributed by atoms with E-state index in [1.807, 2.05) is 0 Å². The van der Waals surface area contributed by atoms with Gasteiger partial charge in [-0.05, 0) is 29.7 Å². The summed E-state index contributed by atoms with van der Waals surface area (Å²) in [5, 5.41) is 62.3. The fourth-order valence-electron chi connectivity index (χ4n) is 3.81. The van der Waals surface area contributed by atoms with E-state index in [0.717, 1.165) is 6.92 Å². The van der Waals surface area contributed by atoms with Crippen LogP contribution in [0.25, 0.3) is 0 Å². The number of benzene rings is 2. The molecule has 6 N–H and O–H groups in total. The molecule has 0 saturated carbocycles. The normalized spacial score (nSPS) is 17.9. The van der Waals surface area contributed by atoms with E-state index in [4.69, 9.17) is 5.11 Å². The molecule has 2 rings (SSSR count). The summed E-state index contributed by atoms with van der Waals surface area (Å²) in [4.78, 5) is 0. The lowest BCUT2D eigenvalue weighted by molar-refractivity contribution is -0.229. The summed E-state index contributed by atoms with van der Waals surface area (Å²) in [6.07, 6.45) is -11.4. The summed E-state index contributed by atoms with van der Waals surface area (Å²) >= 11 is 0. The summed E-state index contributed by atoms with van der Waals surface area (Å²) in [6, 6.07) is 0.169. The second-order valence-electron chi connectivity index (χ2n) is 8.32. The lowest BCUT2D eigenvalue weighted by atomic mass is 9.72. The number of aliphatic hydroxyl groups is 6. The zero-order valence-corrected chi connectivity index (χ0v) is 18.4. The summed E-state index contributed by atoms with van der Waals surface area (Å²) in [7, 11) is 0. The van der Waals surface area contributed by atoms with Gasteiger partial charge in [-0.3, -0.25) is 0 Å². The second-order valence-corrected chi connectivity index (χ2v) is 8.32. The maximum absolute atomic E-state index is 14.3. The maximum atomic E-state index is 14.3. The first-order valence-corrected chi connectivity index (χ1v) is 10.3. The molecule has 6 nitrogen and oxygen atoms in total. The first kappa shape index (κ1) is 29.9. The van der Waals surface area contributed by atoms with Gasteiger partial charge in [-0.2, -0.15) is 0 Å². The Morgan fingerprint density at radius 1 is 0.694 bits per heavy atom. The minimum absolute atomic E-state index is 0.0406. The van der Waals surface area contributed by atoms with Gasteiger partial charge < -0.3 is 30.6 Å². The molecule has 5 atom stereocenters. The molecule has 202 valence electrons. The van der Waals surface area contributed by atoms with Gasteiger partial charge in [0.2, 0.25) is 0 Å². The quantitative estimate of drug-likeness (QED) is 0.156. The number of halogens is 8. The van der Waals surface area contributed by atoms with Crippen molar-refractivity contribution in [3.05, 3.63) is 69.8 Å². The van der Waals surface area contributed by atoms with Gasteiger partial charge in [0, 0.05) is 12.8 Å². The highest BCUT2D eigenvalue weighted by Gasteiger charge is 2.54. The van der Waals surface area contributed by atoms with E-state index in [0.29, 0.717) is 0 Å². The Morgan fingerprint density at radius 3 is 1.50 bits per heavy atom. The van der Waals surface area contributed by atoms with Crippen molar-refractivity contribution in [3.8, 4) is 0 Å². The predicted molar refractivity (Wildman–Crippen MR) is 105 cm³/mol. The highest BCUT2D eigenvalue weighted by Crippen LogP contribution is 2.36. The third-order valence-electron chi connectivity index (χ3n) is 5.98. The largest absolute Gasteiger partial charge is 0.394 e. The van der Waals surface area contributed by atoms with Crippen LogP contribution in [-0.4, -0.2) is 66.8 Å². The maximum Gasteiger partial charge on any atom is 0.197 e.